The second-order valence-electron chi connectivity index (χ2n) is 6.13. The highest BCUT2D eigenvalue weighted by Gasteiger charge is 2.42. The van der Waals surface area contributed by atoms with E-state index in [2.05, 4.69) is 5.32 Å². The van der Waals surface area contributed by atoms with Gasteiger partial charge < -0.3 is 14.8 Å². The number of rotatable bonds is 7. The van der Waals surface area contributed by atoms with E-state index in [4.69, 9.17) is 9.47 Å². The molecule has 1 N–H and O–H groups in total. The summed E-state index contributed by atoms with van der Waals surface area (Å²) in [5, 5.41) is 3.24. The summed E-state index contributed by atoms with van der Waals surface area (Å²) in [6, 6.07) is 6.06. The van der Waals surface area contributed by atoms with E-state index in [9.17, 15) is 4.79 Å². The summed E-state index contributed by atoms with van der Waals surface area (Å²) in [5.74, 6) is 2.93. The molecule has 0 spiro atoms. The molecule has 0 aromatic heterocycles. The molecule has 1 aromatic rings. The molecule has 21 heavy (non-hydrogen) atoms. The van der Waals surface area contributed by atoms with Gasteiger partial charge in [-0.3, -0.25) is 4.79 Å². The fraction of sp³-hybridized carbons (Fsp3) is 0.588. The van der Waals surface area contributed by atoms with Crippen LogP contribution >= 0.6 is 0 Å². The van der Waals surface area contributed by atoms with E-state index in [0.717, 1.165) is 17.4 Å². The van der Waals surface area contributed by atoms with E-state index in [1.165, 1.54) is 25.7 Å². The molecule has 2 aliphatic rings. The van der Waals surface area contributed by atoms with Gasteiger partial charge in [-0.2, -0.15) is 0 Å². The molecule has 3 rings (SSSR count). The van der Waals surface area contributed by atoms with Crippen molar-refractivity contribution in [2.24, 2.45) is 11.8 Å². The number of carbonyl (C=O) groups excluding carboxylic acids is 1. The van der Waals surface area contributed by atoms with Gasteiger partial charge in [-0.25, -0.2) is 0 Å². The Morgan fingerprint density at radius 3 is 2.29 bits per heavy atom. The van der Waals surface area contributed by atoms with Gasteiger partial charge in [0.2, 0.25) is 5.91 Å². The van der Waals surface area contributed by atoms with Crippen LogP contribution in [0.5, 0.6) is 11.5 Å². The summed E-state index contributed by atoms with van der Waals surface area (Å²) in [5.41, 5.74) is 0.954. The molecule has 114 valence electrons. The topological polar surface area (TPSA) is 47.6 Å². The predicted octanol–water partition coefficient (Wildman–Crippen LogP) is 2.55. The van der Waals surface area contributed by atoms with Crippen LogP contribution in [-0.2, 0) is 11.2 Å². The van der Waals surface area contributed by atoms with Gasteiger partial charge in [0.05, 0.1) is 20.6 Å². The third-order valence-corrected chi connectivity index (χ3v) is 4.40. The summed E-state index contributed by atoms with van der Waals surface area (Å²) >= 11 is 0. The van der Waals surface area contributed by atoms with Crippen molar-refractivity contribution in [2.45, 2.75) is 38.1 Å². The smallest absolute Gasteiger partial charge is 0.224 e. The van der Waals surface area contributed by atoms with E-state index in [-0.39, 0.29) is 5.91 Å². The molecule has 0 radical (unpaired) electrons. The maximum Gasteiger partial charge on any atom is 0.224 e. The van der Waals surface area contributed by atoms with Crippen molar-refractivity contribution in [3.63, 3.8) is 0 Å². The molecule has 2 fully saturated rings. The van der Waals surface area contributed by atoms with Crippen LogP contribution in [0.2, 0.25) is 0 Å². The number of carbonyl (C=O) groups is 1. The van der Waals surface area contributed by atoms with Crippen molar-refractivity contribution in [1.82, 2.24) is 5.32 Å². The Kier molecular flexibility index (Phi) is 4.04. The summed E-state index contributed by atoms with van der Waals surface area (Å²) in [6.07, 6.45) is 5.50. The van der Waals surface area contributed by atoms with E-state index < -0.39 is 0 Å². The lowest BCUT2D eigenvalue weighted by Gasteiger charge is -2.18. The van der Waals surface area contributed by atoms with Gasteiger partial charge in [0.25, 0.3) is 0 Å². The molecular formula is C17H23NO3. The minimum atomic E-state index is 0.117. The molecule has 2 saturated carbocycles. The molecule has 0 heterocycles. The number of amides is 1. The molecule has 4 nitrogen and oxygen atoms in total. The number of ether oxygens (including phenoxy) is 2. The Morgan fingerprint density at radius 2 is 1.76 bits per heavy atom. The quantitative estimate of drug-likeness (QED) is 0.839. The Balaban J connectivity index is 1.61. The standard InChI is InChI=1S/C17H23NO3/c1-20-14-8-3-11(9-15(14)21-2)10-16(19)18-17(12-4-5-12)13-6-7-13/h3,8-9,12-13,17H,4-7,10H2,1-2H3,(H,18,19). The zero-order valence-electron chi connectivity index (χ0n) is 12.7. The highest BCUT2D eigenvalue weighted by Crippen LogP contribution is 2.44. The van der Waals surface area contributed by atoms with Crippen LogP contribution in [0.3, 0.4) is 0 Å². The van der Waals surface area contributed by atoms with Crippen LogP contribution in [0.4, 0.5) is 0 Å². The lowest BCUT2D eigenvalue weighted by Crippen LogP contribution is -2.38. The minimum absolute atomic E-state index is 0.117. The van der Waals surface area contributed by atoms with Crippen molar-refractivity contribution in [1.29, 1.82) is 0 Å². The van der Waals surface area contributed by atoms with Crippen molar-refractivity contribution in [2.75, 3.05) is 14.2 Å². The predicted molar refractivity (Wildman–Crippen MR) is 80.6 cm³/mol. The Bertz CT molecular complexity index is 509. The highest BCUT2D eigenvalue weighted by molar-refractivity contribution is 5.79. The van der Waals surface area contributed by atoms with E-state index in [0.29, 0.717) is 24.0 Å². The van der Waals surface area contributed by atoms with E-state index in [1.807, 2.05) is 18.2 Å². The van der Waals surface area contributed by atoms with Gasteiger partial charge in [-0.15, -0.1) is 0 Å². The fourth-order valence-corrected chi connectivity index (χ4v) is 2.94. The van der Waals surface area contributed by atoms with Crippen molar-refractivity contribution >= 4 is 5.91 Å². The van der Waals surface area contributed by atoms with Crippen LogP contribution in [-0.4, -0.2) is 26.2 Å². The average Bonchev–Trinajstić information content (AvgIpc) is 3.38. The second kappa shape index (κ2) is 5.96. The molecule has 0 unspecified atom stereocenters. The Morgan fingerprint density at radius 1 is 1.14 bits per heavy atom. The fourth-order valence-electron chi connectivity index (χ4n) is 2.94. The van der Waals surface area contributed by atoms with Gasteiger partial charge in [0.15, 0.2) is 11.5 Å². The van der Waals surface area contributed by atoms with Crippen molar-refractivity contribution in [3.8, 4) is 11.5 Å². The van der Waals surface area contributed by atoms with Gasteiger partial charge in [-0.1, -0.05) is 6.07 Å². The minimum Gasteiger partial charge on any atom is -0.493 e. The van der Waals surface area contributed by atoms with E-state index >= 15 is 0 Å². The molecule has 1 aromatic carbocycles. The first-order valence-electron chi connectivity index (χ1n) is 7.71. The van der Waals surface area contributed by atoms with Crippen molar-refractivity contribution in [3.05, 3.63) is 23.8 Å². The SMILES string of the molecule is COc1ccc(CC(=O)NC(C2CC2)C2CC2)cc1OC. The monoisotopic (exact) mass is 289 g/mol. The highest BCUT2D eigenvalue weighted by atomic mass is 16.5. The van der Waals surface area contributed by atoms with Gasteiger partial charge in [0.1, 0.15) is 0 Å². The summed E-state index contributed by atoms with van der Waals surface area (Å²) < 4.78 is 10.5. The number of hydrogen-bond donors (Lipinski definition) is 1. The summed E-state index contributed by atoms with van der Waals surface area (Å²) in [6.45, 7) is 0. The molecule has 1 amide bonds. The van der Waals surface area contributed by atoms with Gasteiger partial charge in [0, 0.05) is 6.04 Å². The normalized spacial score (nSPS) is 17.7. The first kappa shape index (κ1) is 14.2. The molecule has 4 heteroatoms. The largest absolute Gasteiger partial charge is 0.493 e. The Labute approximate surface area is 125 Å². The maximum absolute atomic E-state index is 12.3. The maximum atomic E-state index is 12.3. The molecular weight excluding hydrogens is 266 g/mol. The zero-order chi connectivity index (χ0) is 14.8. The van der Waals surface area contributed by atoms with Gasteiger partial charge in [-0.05, 0) is 55.2 Å². The third-order valence-electron chi connectivity index (χ3n) is 4.40. The summed E-state index contributed by atoms with van der Waals surface area (Å²) in [4.78, 5) is 12.3. The molecule has 0 saturated heterocycles. The molecule has 0 atom stereocenters. The van der Waals surface area contributed by atoms with Gasteiger partial charge >= 0.3 is 0 Å². The Hall–Kier alpha value is -1.71. The van der Waals surface area contributed by atoms with Crippen LogP contribution in [0.1, 0.15) is 31.2 Å². The van der Waals surface area contributed by atoms with Crippen molar-refractivity contribution < 1.29 is 14.3 Å². The lowest BCUT2D eigenvalue weighted by atomic mass is 10.1. The molecule has 0 aliphatic heterocycles. The second-order valence-corrected chi connectivity index (χ2v) is 6.13. The first-order chi connectivity index (χ1) is 10.2. The third kappa shape index (κ3) is 3.49. The van der Waals surface area contributed by atoms with Crippen LogP contribution < -0.4 is 14.8 Å². The molecule has 2 aliphatic carbocycles. The van der Waals surface area contributed by atoms with Crippen LogP contribution in [0.15, 0.2) is 18.2 Å². The number of hydrogen-bond acceptors (Lipinski definition) is 3. The number of methoxy groups -OCH3 is 2. The summed E-state index contributed by atoms with van der Waals surface area (Å²) in [7, 11) is 3.22. The zero-order valence-corrected chi connectivity index (χ0v) is 12.7. The van der Waals surface area contributed by atoms with Crippen LogP contribution in [0.25, 0.3) is 0 Å². The average molecular weight is 289 g/mol. The molecule has 0 bridgehead atoms. The number of nitrogens with one attached hydrogen (secondary N) is 1. The van der Waals surface area contributed by atoms with E-state index in [1.54, 1.807) is 14.2 Å². The number of benzene rings is 1. The van der Waals surface area contributed by atoms with Crippen LogP contribution in [0, 0.1) is 11.8 Å². The first-order valence-corrected chi connectivity index (χ1v) is 7.71. The lowest BCUT2D eigenvalue weighted by molar-refractivity contribution is -0.121.